The van der Waals surface area contributed by atoms with Crippen LogP contribution in [0.25, 0.3) is 0 Å². The van der Waals surface area contributed by atoms with Crippen LogP contribution in [-0.2, 0) is 0 Å². The first kappa shape index (κ1) is 15.7. The SMILES string of the molecule is CC(=O)c1cc(F)c(C)cc1N1CC=C(C(C)(C)C)CC1. The Bertz CT molecular complexity index is 596. The van der Waals surface area contributed by atoms with Gasteiger partial charge in [0.15, 0.2) is 5.78 Å². The van der Waals surface area contributed by atoms with E-state index in [1.54, 1.807) is 13.0 Å². The normalized spacial score (nSPS) is 15.9. The largest absolute Gasteiger partial charge is 0.367 e. The van der Waals surface area contributed by atoms with Gasteiger partial charge in [-0.1, -0.05) is 32.4 Å². The van der Waals surface area contributed by atoms with E-state index in [9.17, 15) is 9.18 Å². The number of hydrogen-bond donors (Lipinski definition) is 0. The maximum absolute atomic E-state index is 13.7. The Morgan fingerprint density at radius 1 is 1.29 bits per heavy atom. The number of anilines is 1. The maximum atomic E-state index is 13.7. The summed E-state index contributed by atoms with van der Waals surface area (Å²) >= 11 is 0. The minimum absolute atomic E-state index is 0.0884. The van der Waals surface area contributed by atoms with Crippen LogP contribution in [0.2, 0.25) is 0 Å². The van der Waals surface area contributed by atoms with Crippen LogP contribution < -0.4 is 4.90 Å². The fourth-order valence-corrected chi connectivity index (χ4v) is 2.78. The molecular formula is C18H24FNO. The van der Waals surface area contributed by atoms with Crippen LogP contribution in [0.5, 0.6) is 0 Å². The number of benzene rings is 1. The first-order valence-electron chi connectivity index (χ1n) is 7.45. The van der Waals surface area contributed by atoms with Gasteiger partial charge in [-0.3, -0.25) is 4.79 Å². The molecule has 114 valence electrons. The van der Waals surface area contributed by atoms with Crippen molar-refractivity contribution in [1.29, 1.82) is 0 Å². The zero-order valence-electron chi connectivity index (χ0n) is 13.6. The molecule has 0 bridgehead atoms. The molecule has 1 aromatic carbocycles. The number of carbonyl (C=O) groups is 1. The van der Waals surface area contributed by atoms with Crippen molar-refractivity contribution in [2.45, 2.75) is 41.0 Å². The van der Waals surface area contributed by atoms with Gasteiger partial charge in [0, 0.05) is 24.3 Å². The third-order valence-corrected chi connectivity index (χ3v) is 4.17. The van der Waals surface area contributed by atoms with Crippen LogP contribution in [0.4, 0.5) is 10.1 Å². The lowest BCUT2D eigenvalue weighted by molar-refractivity contribution is 0.101. The molecule has 1 aliphatic heterocycles. The number of rotatable bonds is 2. The van der Waals surface area contributed by atoms with Crippen LogP contribution in [0, 0.1) is 18.2 Å². The van der Waals surface area contributed by atoms with Gasteiger partial charge in [-0.2, -0.15) is 0 Å². The third-order valence-electron chi connectivity index (χ3n) is 4.17. The zero-order chi connectivity index (χ0) is 15.8. The van der Waals surface area contributed by atoms with E-state index in [-0.39, 0.29) is 17.0 Å². The number of ketones is 1. The molecule has 0 N–H and O–H groups in total. The highest BCUT2D eigenvalue weighted by molar-refractivity contribution is 6.00. The molecule has 2 nitrogen and oxygen atoms in total. The molecule has 2 rings (SSSR count). The topological polar surface area (TPSA) is 20.3 Å². The van der Waals surface area contributed by atoms with Crippen LogP contribution in [0.3, 0.4) is 0 Å². The second kappa shape index (κ2) is 5.63. The van der Waals surface area contributed by atoms with E-state index < -0.39 is 0 Å². The van der Waals surface area contributed by atoms with Gasteiger partial charge in [0.05, 0.1) is 0 Å². The van der Waals surface area contributed by atoms with E-state index in [0.29, 0.717) is 11.1 Å². The van der Waals surface area contributed by atoms with Crippen molar-refractivity contribution in [3.05, 3.63) is 40.7 Å². The van der Waals surface area contributed by atoms with Crippen molar-refractivity contribution in [1.82, 2.24) is 0 Å². The molecule has 1 heterocycles. The Morgan fingerprint density at radius 3 is 2.43 bits per heavy atom. The molecule has 0 amide bonds. The molecule has 1 aromatic rings. The van der Waals surface area contributed by atoms with Crippen molar-refractivity contribution in [2.75, 3.05) is 18.0 Å². The number of Topliss-reactive ketones (excluding diaryl/α,β-unsaturated/α-hetero) is 1. The highest BCUT2D eigenvalue weighted by atomic mass is 19.1. The summed E-state index contributed by atoms with van der Waals surface area (Å²) in [6, 6.07) is 3.16. The number of nitrogens with zero attached hydrogens (tertiary/aromatic N) is 1. The molecule has 21 heavy (non-hydrogen) atoms. The molecule has 0 saturated carbocycles. The molecule has 1 aliphatic rings. The fraction of sp³-hybridized carbons (Fsp3) is 0.500. The van der Waals surface area contributed by atoms with Crippen molar-refractivity contribution in [3.63, 3.8) is 0 Å². The molecule has 0 spiro atoms. The van der Waals surface area contributed by atoms with Crippen molar-refractivity contribution < 1.29 is 9.18 Å². The number of halogens is 1. The summed E-state index contributed by atoms with van der Waals surface area (Å²) in [7, 11) is 0. The summed E-state index contributed by atoms with van der Waals surface area (Å²) in [4.78, 5) is 14.0. The monoisotopic (exact) mass is 289 g/mol. The minimum atomic E-state index is -0.313. The average Bonchev–Trinajstić information content (AvgIpc) is 2.40. The average molecular weight is 289 g/mol. The summed E-state index contributed by atoms with van der Waals surface area (Å²) in [5.74, 6) is -0.401. The number of hydrogen-bond acceptors (Lipinski definition) is 2. The van der Waals surface area contributed by atoms with Crippen LogP contribution in [0.1, 0.15) is 50.0 Å². The van der Waals surface area contributed by atoms with Gasteiger partial charge >= 0.3 is 0 Å². The molecule has 0 aromatic heterocycles. The molecule has 0 radical (unpaired) electrons. The molecule has 3 heteroatoms. The Morgan fingerprint density at radius 2 is 1.95 bits per heavy atom. The predicted molar refractivity (Wildman–Crippen MR) is 85.5 cm³/mol. The van der Waals surface area contributed by atoms with Crippen molar-refractivity contribution in [3.8, 4) is 0 Å². The number of aryl methyl sites for hydroxylation is 1. The Labute approximate surface area is 126 Å². The van der Waals surface area contributed by atoms with Gasteiger partial charge in [0.25, 0.3) is 0 Å². The highest BCUT2D eigenvalue weighted by Crippen LogP contribution is 2.33. The third kappa shape index (κ3) is 3.34. The van der Waals surface area contributed by atoms with Gasteiger partial charge in [-0.15, -0.1) is 0 Å². The Hall–Kier alpha value is -1.64. The first-order chi connectivity index (χ1) is 9.70. The summed E-state index contributed by atoms with van der Waals surface area (Å²) in [6.45, 7) is 11.5. The van der Waals surface area contributed by atoms with Gasteiger partial charge in [0.2, 0.25) is 0 Å². The van der Waals surface area contributed by atoms with E-state index >= 15 is 0 Å². The minimum Gasteiger partial charge on any atom is -0.367 e. The summed E-state index contributed by atoms with van der Waals surface area (Å²) in [6.07, 6.45) is 3.23. The summed E-state index contributed by atoms with van der Waals surface area (Å²) < 4.78 is 13.7. The second-order valence-electron chi connectivity index (χ2n) is 6.85. The van der Waals surface area contributed by atoms with Crippen LogP contribution in [-0.4, -0.2) is 18.9 Å². The van der Waals surface area contributed by atoms with E-state index in [0.717, 1.165) is 25.2 Å². The molecule has 0 aliphatic carbocycles. The maximum Gasteiger partial charge on any atom is 0.161 e. The Kier molecular flexibility index (Phi) is 4.22. The molecule has 0 fully saturated rings. The highest BCUT2D eigenvalue weighted by Gasteiger charge is 2.23. The van der Waals surface area contributed by atoms with Crippen molar-refractivity contribution in [2.24, 2.45) is 5.41 Å². The quantitative estimate of drug-likeness (QED) is 0.589. The second-order valence-corrected chi connectivity index (χ2v) is 6.85. The van der Waals surface area contributed by atoms with Crippen LogP contribution in [0.15, 0.2) is 23.8 Å². The van der Waals surface area contributed by atoms with E-state index in [4.69, 9.17) is 0 Å². The van der Waals surface area contributed by atoms with Crippen molar-refractivity contribution >= 4 is 11.5 Å². The predicted octanol–water partition coefficient (Wildman–Crippen LogP) is 4.52. The van der Waals surface area contributed by atoms with Gasteiger partial charge in [-0.05, 0) is 43.4 Å². The lowest BCUT2D eigenvalue weighted by Gasteiger charge is -2.34. The standard InChI is InChI=1S/C18H24FNO/c1-12-10-17(15(13(2)21)11-16(12)19)20-8-6-14(7-9-20)18(3,4)5/h6,10-11H,7-9H2,1-5H3. The molecular weight excluding hydrogens is 265 g/mol. The van der Waals surface area contributed by atoms with Gasteiger partial charge in [-0.25, -0.2) is 4.39 Å². The van der Waals surface area contributed by atoms with Gasteiger partial charge in [0.1, 0.15) is 5.82 Å². The molecule has 0 saturated heterocycles. The summed E-state index contributed by atoms with van der Waals surface area (Å²) in [5.41, 5.74) is 3.55. The van der Waals surface area contributed by atoms with Crippen LogP contribution >= 0.6 is 0 Å². The number of carbonyl (C=O) groups excluding carboxylic acids is 1. The molecule has 0 atom stereocenters. The first-order valence-corrected chi connectivity index (χ1v) is 7.45. The lowest BCUT2D eigenvalue weighted by Crippen LogP contribution is -2.32. The summed E-state index contributed by atoms with van der Waals surface area (Å²) in [5, 5.41) is 0. The zero-order valence-corrected chi connectivity index (χ0v) is 13.6. The van der Waals surface area contributed by atoms with E-state index in [1.165, 1.54) is 18.6 Å². The lowest BCUT2D eigenvalue weighted by atomic mass is 9.83. The van der Waals surface area contributed by atoms with E-state index in [2.05, 4.69) is 31.7 Å². The van der Waals surface area contributed by atoms with Gasteiger partial charge < -0.3 is 4.90 Å². The molecule has 0 unspecified atom stereocenters. The Balaban J connectivity index is 2.34. The van der Waals surface area contributed by atoms with E-state index in [1.807, 2.05) is 0 Å². The smallest absolute Gasteiger partial charge is 0.161 e. The fourth-order valence-electron chi connectivity index (χ4n) is 2.78.